The number of nitrogens with zero attached hydrogens (tertiary/aromatic N) is 1. The summed E-state index contributed by atoms with van der Waals surface area (Å²) in [5.74, 6) is 0. The molecule has 0 aromatic heterocycles. The van der Waals surface area contributed by atoms with Gasteiger partial charge >= 0.3 is 0 Å². The molecule has 2 aromatic rings. The first kappa shape index (κ1) is 18.7. The van der Waals surface area contributed by atoms with Crippen molar-refractivity contribution in [2.24, 2.45) is 4.99 Å². The molecule has 130 valence electrons. The molecule has 5 heteroatoms. The normalized spacial score (nSPS) is 14.0. The molecule has 0 radical (unpaired) electrons. The van der Waals surface area contributed by atoms with E-state index in [4.69, 9.17) is 28.2 Å². The first-order chi connectivity index (χ1) is 12.6. The summed E-state index contributed by atoms with van der Waals surface area (Å²) in [5, 5.41) is 1.12. The number of carbonyl (C=O) groups is 1. The zero-order valence-corrected chi connectivity index (χ0v) is 16.1. The summed E-state index contributed by atoms with van der Waals surface area (Å²) >= 11 is 14.1. The molecule has 2 nitrogen and oxygen atoms in total. The van der Waals surface area contributed by atoms with Gasteiger partial charge in [-0.05, 0) is 36.4 Å². The smallest absolute Gasteiger partial charge is 0.123 e. The Morgan fingerprint density at radius 3 is 2.65 bits per heavy atom. The molecule has 0 fully saturated rings. The molecule has 1 aliphatic heterocycles. The van der Waals surface area contributed by atoms with Crippen LogP contribution in [0.1, 0.15) is 17.5 Å². The van der Waals surface area contributed by atoms with Gasteiger partial charge in [0.25, 0.3) is 0 Å². The topological polar surface area (TPSA) is 29.4 Å². The van der Waals surface area contributed by atoms with E-state index in [2.05, 4.69) is 6.58 Å². The van der Waals surface area contributed by atoms with E-state index in [1.165, 1.54) is 0 Å². The fourth-order valence-corrected chi connectivity index (χ4v) is 4.09. The van der Waals surface area contributed by atoms with Crippen LogP contribution in [0.3, 0.4) is 0 Å². The lowest BCUT2D eigenvalue weighted by molar-refractivity contribution is -0.107. The molecular formula is C21H15Cl2NOS. The molecule has 0 N–H and O–H groups in total. The number of allylic oxidation sites excluding steroid dienone is 3. The number of halogens is 2. The number of hydrogen-bond donors (Lipinski definition) is 0. The van der Waals surface area contributed by atoms with Crippen LogP contribution in [0.5, 0.6) is 0 Å². The maximum Gasteiger partial charge on any atom is 0.123 e. The number of rotatable bonds is 5. The fourth-order valence-electron chi connectivity index (χ4n) is 2.54. The van der Waals surface area contributed by atoms with E-state index in [-0.39, 0.29) is 0 Å². The van der Waals surface area contributed by atoms with Crippen molar-refractivity contribution in [1.29, 1.82) is 0 Å². The molecule has 0 amide bonds. The van der Waals surface area contributed by atoms with Gasteiger partial charge < -0.3 is 4.79 Å². The summed E-state index contributed by atoms with van der Waals surface area (Å²) in [6, 6.07) is 13.4. The number of thioether (sulfide) groups is 1. The minimum Gasteiger partial charge on any atom is -0.303 e. The average Bonchev–Trinajstić information content (AvgIpc) is 2.79. The first-order valence-corrected chi connectivity index (χ1v) is 9.49. The lowest BCUT2D eigenvalue weighted by Gasteiger charge is -2.11. The van der Waals surface area contributed by atoms with Crippen molar-refractivity contribution in [1.82, 2.24) is 0 Å². The van der Waals surface area contributed by atoms with Gasteiger partial charge in [-0.2, -0.15) is 0 Å². The molecule has 0 bridgehead atoms. The molecule has 0 saturated heterocycles. The third kappa shape index (κ3) is 4.01. The van der Waals surface area contributed by atoms with Gasteiger partial charge in [0.05, 0.1) is 16.4 Å². The van der Waals surface area contributed by atoms with Crippen molar-refractivity contribution in [2.45, 2.75) is 11.3 Å². The van der Waals surface area contributed by atoms with E-state index < -0.39 is 0 Å². The van der Waals surface area contributed by atoms with Crippen LogP contribution in [0, 0.1) is 0 Å². The molecule has 0 atom stereocenters. The maximum absolute atomic E-state index is 10.6. The summed E-state index contributed by atoms with van der Waals surface area (Å²) < 4.78 is 0. The summed E-state index contributed by atoms with van der Waals surface area (Å²) in [6.45, 7) is 3.90. The van der Waals surface area contributed by atoms with E-state index in [0.29, 0.717) is 16.5 Å². The monoisotopic (exact) mass is 399 g/mol. The molecule has 0 aliphatic carbocycles. The van der Waals surface area contributed by atoms with Crippen molar-refractivity contribution in [3.05, 3.63) is 99.0 Å². The van der Waals surface area contributed by atoms with Crippen LogP contribution in [0.25, 0.3) is 0 Å². The van der Waals surface area contributed by atoms with Crippen LogP contribution in [0.15, 0.2) is 87.8 Å². The second kappa shape index (κ2) is 8.54. The minimum absolute atomic E-state index is 0.357. The van der Waals surface area contributed by atoms with E-state index in [0.717, 1.165) is 38.6 Å². The highest BCUT2D eigenvalue weighted by Crippen LogP contribution is 2.38. The van der Waals surface area contributed by atoms with Gasteiger partial charge in [-0.1, -0.05) is 65.8 Å². The first-order valence-electron chi connectivity index (χ1n) is 7.92. The van der Waals surface area contributed by atoms with Crippen molar-refractivity contribution in [2.75, 3.05) is 0 Å². The molecule has 0 spiro atoms. The summed E-state index contributed by atoms with van der Waals surface area (Å²) in [7, 11) is 0. The highest BCUT2D eigenvalue weighted by molar-refractivity contribution is 8.03. The van der Waals surface area contributed by atoms with Crippen molar-refractivity contribution in [3.8, 4) is 0 Å². The molecule has 1 heterocycles. The Bertz CT molecular complexity index is 960. The van der Waals surface area contributed by atoms with E-state index in [9.17, 15) is 4.79 Å². The Hall–Kier alpha value is -2.07. The molecular weight excluding hydrogens is 385 g/mol. The van der Waals surface area contributed by atoms with Crippen molar-refractivity contribution >= 4 is 47.0 Å². The zero-order chi connectivity index (χ0) is 18.5. The zero-order valence-electron chi connectivity index (χ0n) is 13.8. The van der Waals surface area contributed by atoms with E-state index in [1.54, 1.807) is 30.0 Å². The summed E-state index contributed by atoms with van der Waals surface area (Å²) in [4.78, 5) is 17.4. The molecule has 0 saturated carbocycles. The predicted molar refractivity (Wildman–Crippen MR) is 111 cm³/mol. The largest absolute Gasteiger partial charge is 0.303 e. The van der Waals surface area contributed by atoms with Crippen LogP contribution < -0.4 is 0 Å². The maximum atomic E-state index is 10.6. The number of benzene rings is 2. The van der Waals surface area contributed by atoms with Crippen molar-refractivity contribution < 1.29 is 4.79 Å². The Morgan fingerprint density at radius 2 is 1.92 bits per heavy atom. The van der Waals surface area contributed by atoms with Gasteiger partial charge in [0, 0.05) is 32.4 Å². The second-order valence-corrected chi connectivity index (χ2v) is 7.37. The minimum atomic E-state index is 0.357. The van der Waals surface area contributed by atoms with Gasteiger partial charge in [0.15, 0.2) is 0 Å². The van der Waals surface area contributed by atoms with Crippen LogP contribution in [0.4, 0.5) is 0 Å². The lowest BCUT2D eigenvalue weighted by Crippen LogP contribution is -2.05. The molecule has 0 unspecified atom stereocenters. The SMILES string of the molecule is C=CC1=C(/C=C\CC=O)Sc2ccccc2C(c2ccc(Cl)cc2Cl)=N1. The van der Waals surface area contributed by atoms with Crippen LogP contribution in [0.2, 0.25) is 10.0 Å². The van der Waals surface area contributed by atoms with Crippen LogP contribution in [-0.2, 0) is 4.79 Å². The third-order valence-electron chi connectivity index (χ3n) is 3.73. The highest BCUT2D eigenvalue weighted by atomic mass is 35.5. The van der Waals surface area contributed by atoms with Crippen molar-refractivity contribution in [3.63, 3.8) is 0 Å². The molecule has 2 aromatic carbocycles. The Labute approximate surface area is 166 Å². The Balaban J connectivity index is 2.23. The Kier molecular flexibility index (Phi) is 6.15. The molecule has 3 rings (SSSR count). The van der Waals surface area contributed by atoms with Gasteiger partial charge in [0.1, 0.15) is 6.29 Å². The lowest BCUT2D eigenvalue weighted by atomic mass is 10.0. The second-order valence-electron chi connectivity index (χ2n) is 5.44. The average molecular weight is 400 g/mol. The fraction of sp³-hybridized carbons (Fsp3) is 0.0476. The van der Waals surface area contributed by atoms with Gasteiger partial charge in [-0.3, -0.25) is 0 Å². The number of aldehydes is 1. The summed E-state index contributed by atoms with van der Waals surface area (Å²) in [6.07, 6.45) is 6.65. The summed E-state index contributed by atoms with van der Waals surface area (Å²) in [5.41, 5.74) is 3.29. The van der Waals surface area contributed by atoms with Crippen LogP contribution in [-0.4, -0.2) is 12.0 Å². The quantitative estimate of drug-likeness (QED) is 0.538. The van der Waals surface area contributed by atoms with Gasteiger partial charge in [-0.25, -0.2) is 4.99 Å². The van der Waals surface area contributed by atoms with Gasteiger partial charge in [-0.15, -0.1) is 0 Å². The van der Waals surface area contributed by atoms with Crippen LogP contribution >= 0.6 is 35.0 Å². The molecule has 26 heavy (non-hydrogen) atoms. The Morgan fingerprint density at radius 1 is 1.12 bits per heavy atom. The standard InChI is InChI=1S/C21H15Cl2NOS/c1-2-18-20(9-5-6-12-25)26-19-8-4-3-7-16(19)21(24-18)15-11-10-14(22)13-17(15)23/h2-5,7-13H,1,6H2/b9-5-. The number of hydrogen-bond acceptors (Lipinski definition) is 3. The van der Waals surface area contributed by atoms with E-state index >= 15 is 0 Å². The predicted octanol–water partition coefficient (Wildman–Crippen LogP) is 6.48. The third-order valence-corrected chi connectivity index (χ3v) is 5.42. The van der Waals surface area contributed by atoms with Gasteiger partial charge in [0.2, 0.25) is 0 Å². The highest BCUT2D eigenvalue weighted by Gasteiger charge is 2.20. The number of carbonyl (C=O) groups excluding carboxylic acids is 1. The molecule has 1 aliphatic rings. The van der Waals surface area contributed by atoms with E-state index in [1.807, 2.05) is 42.5 Å². The number of fused-ring (bicyclic) bond motifs is 1. The number of aliphatic imine (C=N–C) groups is 1.